The molecule has 120 valence electrons. The second kappa shape index (κ2) is 7.02. The Morgan fingerprint density at radius 3 is 2.41 bits per heavy atom. The number of primary sulfonamides is 1. The van der Waals surface area contributed by atoms with Crippen LogP contribution in [-0.2, 0) is 14.8 Å². The quantitative estimate of drug-likeness (QED) is 0.849. The van der Waals surface area contributed by atoms with E-state index in [1.54, 1.807) is 23.1 Å². The largest absolute Gasteiger partial charge is 0.339 e. The number of carbonyl (C=O) groups is 1. The molecule has 1 aromatic rings. The van der Waals surface area contributed by atoms with Crippen LogP contribution in [0.2, 0.25) is 0 Å². The Balaban J connectivity index is 1.86. The molecule has 0 radical (unpaired) electrons. The minimum atomic E-state index is -3.46. The molecule has 1 aliphatic rings. The fourth-order valence-electron chi connectivity index (χ4n) is 2.50. The van der Waals surface area contributed by atoms with Gasteiger partial charge >= 0.3 is 0 Å². The molecule has 0 spiro atoms. The number of nitrogens with zero attached hydrogens (tertiary/aromatic N) is 1. The van der Waals surface area contributed by atoms with Crippen molar-refractivity contribution in [2.45, 2.75) is 12.8 Å². The van der Waals surface area contributed by atoms with Crippen molar-refractivity contribution in [2.75, 3.05) is 18.8 Å². The molecule has 5 nitrogen and oxygen atoms in total. The van der Waals surface area contributed by atoms with Gasteiger partial charge in [0.1, 0.15) is 5.82 Å². The number of rotatable bonds is 4. The van der Waals surface area contributed by atoms with Crippen molar-refractivity contribution >= 4 is 22.0 Å². The lowest BCUT2D eigenvalue weighted by Gasteiger charge is -2.30. The van der Waals surface area contributed by atoms with E-state index in [9.17, 15) is 17.6 Å². The maximum atomic E-state index is 12.8. The number of hydrogen-bond donors (Lipinski definition) is 1. The van der Waals surface area contributed by atoms with Crippen molar-refractivity contribution in [2.24, 2.45) is 11.1 Å². The number of benzene rings is 1. The van der Waals surface area contributed by atoms with E-state index >= 15 is 0 Å². The van der Waals surface area contributed by atoms with Crippen molar-refractivity contribution in [3.8, 4) is 0 Å². The van der Waals surface area contributed by atoms with Crippen LogP contribution in [-0.4, -0.2) is 38.1 Å². The average molecular weight is 326 g/mol. The van der Waals surface area contributed by atoms with Crippen LogP contribution >= 0.6 is 0 Å². The van der Waals surface area contributed by atoms with Gasteiger partial charge in [0.2, 0.25) is 15.9 Å². The van der Waals surface area contributed by atoms with Crippen molar-refractivity contribution in [3.05, 3.63) is 41.7 Å². The van der Waals surface area contributed by atoms with Gasteiger partial charge in [0.25, 0.3) is 0 Å². The summed E-state index contributed by atoms with van der Waals surface area (Å²) in [5.74, 6) is -0.459. The summed E-state index contributed by atoms with van der Waals surface area (Å²) in [6.45, 7) is 1.04. The van der Waals surface area contributed by atoms with Gasteiger partial charge in [-0.3, -0.25) is 4.79 Å². The summed E-state index contributed by atoms with van der Waals surface area (Å²) in [4.78, 5) is 13.7. The number of nitrogens with two attached hydrogens (primary N) is 1. The predicted molar refractivity (Wildman–Crippen MR) is 82.7 cm³/mol. The maximum Gasteiger partial charge on any atom is 0.246 e. The number of amides is 1. The molecule has 1 aromatic carbocycles. The number of sulfonamides is 1. The van der Waals surface area contributed by atoms with Crippen LogP contribution in [0.3, 0.4) is 0 Å². The Morgan fingerprint density at radius 2 is 1.86 bits per heavy atom. The molecule has 1 saturated heterocycles. The van der Waals surface area contributed by atoms with E-state index in [0.717, 1.165) is 5.56 Å². The zero-order valence-corrected chi connectivity index (χ0v) is 12.9. The van der Waals surface area contributed by atoms with Crippen LogP contribution in [0.1, 0.15) is 18.4 Å². The summed E-state index contributed by atoms with van der Waals surface area (Å²) in [6.07, 6.45) is 4.35. The van der Waals surface area contributed by atoms with Crippen molar-refractivity contribution in [1.29, 1.82) is 0 Å². The molecule has 1 fully saturated rings. The molecule has 0 aliphatic carbocycles. The van der Waals surface area contributed by atoms with Gasteiger partial charge in [0.15, 0.2) is 0 Å². The molecule has 7 heteroatoms. The number of halogens is 1. The van der Waals surface area contributed by atoms with Crippen LogP contribution in [0.4, 0.5) is 4.39 Å². The first-order valence-electron chi connectivity index (χ1n) is 7.06. The summed E-state index contributed by atoms with van der Waals surface area (Å²) < 4.78 is 34.9. The standard InChI is InChI=1S/C15H19FN2O3S/c16-14-4-1-12(2-5-14)3-6-15(19)18-9-7-13(8-10-18)11-22(17,20)21/h1-6,13H,7-11H2,(H2,17,20,21). The fourth-order valence-corrected chi connectivity index (χ4v) is 3.49. The second-order valence-electron chi connectivity index (χ2n) is 5.48. The van der Waals surface area contributed by atoms with E-state index in [0.29, 0.717) is 25.9 Å². The summed E-state index contributed by atoms with van der Waals surface area (Å²) >= 11 is 0. The molecule has 2 rings (SSSR count). The first-order chi connectivity index (χ1) is 10.3. The van der Waals surface area contributed by atoms with Crippen molar-refractivity contribution in [1.82, 2.24) is 4.90 Å². The summed E-state index contributed by atoms with van der Waals surface area (Å²) in [5.41, 5.74) is 0.749. The van der Waals surface area contributed by atoms with Gasteiger partial charge in [-0.2, -0.15) is 0 Å². The monoisotopic (exact) mass is 326 g/mol. The molecule has 0 aromatic heterocycles. The van der Waals surface area contributed by atoms with E-state index in [4.69, 9.17) is 5.14 Å². The van der Waals surface area contributed by atoms with Gasteiger partial charge in [-0.05, 0) is 42.5 Å². The molecule has 22 heavy (non-hydrogen) atoms. The van der Waals surface area contributed by atoms with Gasteiger partial charge in [-0.1, -0.05) is 12.1 Å². The Labute approximate surface area is 129 Å². The Hall–Kier alpha value is -1.73. The SMILES string of the molecule is NS(=O)(=O)CC1CCN(C(=O)C=Cc2ccc(F)cc2)CC1. The Morgan fingerprint density at radius 1 is 1.27 bits per heavy atom. The smallest absolute Gasteiger partial charge is 0.246 e. The summed E-state index contributed by atoms with van der Waals surface area (Å²) in [6, 6.07) is 5.86. The molecule has 0 atom stereocenters. The normalized spacial score (nSPS) is 17.1. The minimum Gasteiger partial charge on any atom is -0.339 e. The summed E-state index contributed by atoms with van der Waals surface area (Å²) in [7, 11) is -3.46. The molecule has 0 saturated carbocycles. The number of carbonyl (C=O) groups excluding carboxylic acids is 1. The van der Waals surface area contributed by atoms with E-state index in [-0.39, 0.29) is 23.4 Å². The van der Waals surface area contributed by atoms with Gasteiger partial charge in [0.05, 0.1) is 5.75 Å². The van der Waals surface area contributed by atoms with Gasteiger partial charge in [0, 0.05) is 19.2 Å². The van der Waals surface area contributed by atoms with Crippen molar-refractivity contribution < 1.29 is 17.6 Å². The van der Waals surface area contributed by atoms with E-state index in [2.05, 4.69) is 0 Å². The molecular weight excluding hydrogens is 307 g/mol. The zero-order valence-electron chi connectivity index (χ0n) is 12.1. The topological polar surface area (TPSA) is 80.5 Å². The Kier molecular flexibility index (Phi) is 5.31. The van der Waals surface area contributed by atoms with E-state index < -0.39 is 10.0 Å². The third-order valence-electron chi connectivity index (χ3n) is 3.68. The molecule has 1 amide bonds. The summed E-state index contributed by atoms with van der Waals surface area (Å²) in [5, 5.41) is 5.04. The first-order valence-corrected chi connectivity index (χ1v) is 8.78. The molecule has 1 heterocycles. The molecule has 2 N–H and O–H groups in total. The lowest BCUT2D eigenvalue weighted by Crippen LogP contribution is -2.39. The molecule has 0 bridgehead atoms. The highest BCUT2D eigenvalue weighted by Crippen LogP contribution is 2.18. The molecule has 1 aliphatic heterocycles. The lowest BCUT2D eigenvalue weighted by molar-refractivity contribution is -0.127. The fraction of sp³-hybridized carbons (Fsp3) is 0.400. The van der Waals surface area contributed by atoms with Crippen LogP contribution in [0.15, 0.2) is 30.3 Å². The predicted octanol–water partition coefficient (Wildman–Crippen LogP) is 1.37. The van der Waals surface area contributed by atoms with Crippen LogP contribution in [0, 0.1) is 11.7 Å². The van der Waals surface area contributed by atoms with Crippen molar-refractivity contribution in [3.63, 3.8) is 0 Å². The maximum absolute atomic E-state index is 12.8. The zero-order chi connectivity index (χ0) is 16.2. The van der Waals surface area contributed by atoms with Gasteiger partial charge < -0.3 is 4.90 Å². The average Bonchev–Trinajstić information content (AvgIpc) is 2.45. The molecule has 0 unspecified atom stereocenters. The minimum absolute atomic E-state index is 0.0140. The third kappa shape index (κ3) is 5.23. The van der Waals surface area contributed by atoms with E-state index in [1.165, 1.54) is 18.2 Å². The number of piperidine rings is 1. The molecular formula is C15H19FN2O3S. The van der Waals surface area contributed by atoms with Crippen LogP contribution in [0.25, 0.3) is 6.08 Å². The third-order valence-corrected chi connectivity index (χ3v) is 4.62. The first kappa shape index (κ1) is 16.6. The number of hydrogen-bond acceptors (Lipinski definition) is 3. The lowest BCUT2D eigenvalue weighted by atomic mass is 9.99. The Bertz CT molecular complexity index is 648. The van der Waals surface area contributed by atoms with Gasteiger partial charge in [-0.15, -0.1) is 0 Å². The number of likely N-dealkylation sites (tertiary alicyclic amines) is 1. The highest BCUT2D eigenvalue weighted by Gasteiger charge is 2.24. The van der Waals surface area contributed by atoms with Gasteiger partial charge in [-0.25, -0.2) is 17.9 Å². The van der Waals surface area contributed by atoms with E-state index in [1.807, 2.05) is 0 Å². The second-order valence-corrected chi connectivity index (χ2v) is 7.14. The van der Waals surface area contributed by atoms with Crippen LogP contribution in [0.5, 0.6) is 0 Å². The van der Waals surface area contributed by atoms with Crippen LogP contribution < -0.4 is 5.14 Å². The highest BCUT2D eigenvalue weighted by molar-refractivity contribution is 7.89. The highest BCUT2D eigenvalue weighted by atomic mass is 32.2.